The quantitative estimate of drug-likeness (QED) is 0.458. The predicted octanol–water partition coefficient (Wildman–Crippen LogP) is 4.18. The molecule has 0 spiro atoms. The molecule has 2 amide bonds. The Bertz CT molecular complexity index is 1190. The Hall–Kier alpha value is -3.78. The molecule has 2 aromatic carbocycles. The number of carbonyl (C=O) groups is 2. The summed E-state index contributed by atoms with van der Waals surface area (Å²) in [4.78, 5) is 25.6. The Morgan fingerprint density at radius 3 is 2.65 bits per heavy atom. The summed E-state index contributed by atoms with van der Waals surface area (Å²) in [5.74, 6) is -0.782. The van der Waals surface area contributed by atoms with Crippen molar-refractivity contribution in [3.05, 3.63) is 100 Å². The predicted molar refractivity (Wildman–Crippen MR) is 118 cm³/mol. The number of hydrogen-bond donors (Lipinski definition) is 2. The van der Waals surface area contributed by atoms with Crippen LogP contribution in [-0.2, 0) is 17.8 Å². The third kappa shape index (κ3) is 5.43. The average molecular weight is 434 g/mol. The first-order valence-electron chi connectivity index (χ1n) is 9.57. The smallest absolute Gasteiger partial charge is 0.251 e. The van der Waals surface area contributed by atoms with E-state index in [0.29, 0.717) is 23.4 Å². The summed E-state index contributed by atoms with van der Waals surface area (Å²) in [6.45, 7) is 0.496. The second-order valence-electron chi connectivity index (χ2n) is 6.84. The fraction of sp³-hybridized carbons (Fsp3) is 0.0870. The third-order valence-corrected chi connectivity index (χ3v) is 5.39. The van der Waals surface area contributed by atoms with Crippen molar-refractivity contribution in [1.29, 1.82) is 0 Å². The van der Waals surface area contributed by atoms with E-state index in [1.165, 1.54) is 18.3 Å². The number of benzene rings is 2. The van der Waals surface area contributed by atoms with Crippen molar-refractivity contribution < 1.29 is 14.0 Å². The number of hydrogen-bond acceptors (Lipinski definition) is 4. The van der Waals surface area contributed by atoms with Crippen molar-refractivity contribution in [2.24, 2.45) is 0 Å². The number of rotatable bonds is 7. The molecular formula is C23H19FN4O2S. The summed E-state index contributed by atoms with van der Waals surface area (Å²) in [6.07, 6.45) is 3.28. The Labute approximate surface area is 182 Å². The maximum Gasteiger partial charge on any atom is 0.251 e. The number of nitrogens with one attached hydrogen (secondary N) is 2. The second-order valence-corrected chi connectivity index (χ2v) is 7.87. The molecule has 0 aliphatic carbocycles. The number of thiophene rings is 1. The molecule has 0 fully saturated rings. The Morgan fingerprint density at radius 1 is 1.06 bits per heavy atom. The van der Waals surface area contributed by atoms with Crippen molar-refractivity contribution in [2.45, 2.75) is 13.0 Å². The van der Waals surface area contributed by atoms with Gasteiger partial charge in [-0.2, -0.15) is 5.10 Å². The normalized spacial score (nSPS) is 10.6. The van der Waals surface area contributed by atoms with Crippen LogP contribution in [0.5, 0.6) is 0 Å². The maximum absolute atomic E-state index is 13.3. The highest BCUT2D eigenvalue weighted by molar-refractivity contribution is 7.09. The fourth-order valence-corrected chi connectivity index (χ4v) is 3.66. The van der Waals surface area contributed by atoms with Gasteiger partial charge in [0.1, 0.15) is 5.82 Å². The summed E-state index contributed by atoms with van der Waals surface area (Å²) in [7, 11) is 0. The molecule has 2 heterocycles. The van der Waals surface area contributed by atoms with Gasteiger partial charge in [-0.05, 0) is 53.4 Å². The minimum Gasteiger partial charge on any atom is -0.347 e. The SMILES string of the molecule is O=C(Cc1cccc(F)c1)Nc1cnn(-c2ccc(C(=O)NCc3cccs3)cc2)c1. The molecule has 0 atom stereocenters. The molecule has 0 bridgehead atoms. The van der Waals surface area contributed by atoms with E-state index >= 15 is 0 Å². The van der Waals surface area contributed by atoms with Crippen LogP contribution in [0.15, 0.2) is 78.4 Å². The van der Waals surface area contributed by atoms with Crippen LogP contribution in [0, 0.1) is 5.82 Å². The van der Waals surface area contributed by atoms with Crippen LogP contribution in [0.4, 0.5) is 10.1 Å². The highest BCUT2D eigenvalue weighted by Crippen LogP contribution is 2.14. The minimum atomic E-state index is -0.373. The lowest BCUT2D eigenvalue weighted by atomic mass is 10.1. The van der Waals surface area contributed by atoms with Crippen LogP contribution < -0.4 is 10.6 Å². The molecule has 6 nitrogen and oxygen atoms in total. The van der Waals surface area contributed by atoms with Gasteiger partial charge in [0.2, 0.25) is 5.91 Å². The first kappa shape index (κ1) is 20.5. The van der Waals surface area contributed by atoms with Gasteiger partial charge in [0, 0.05) is 10.4 Å². The third-order valence-electron chi connectivity index (χ3n) is 4.52. The van der Waals surface area contributed by atoms with E-state index in [1.54, 1.807) is 58.6 Å². The lowest BCUT2D eigenvalue weighted by Gasteiger charge is -2.06. The lowest BCUT2D eigenvalue weighted by molar-refractivity contribution is -0.115. The topological polar surface area (TPSA) is 76.0 Å². The Balaban J connectivity index is 1.35. The van der Waals surface area contributed by atoms with Gasteiger partial charge in [-0.15, -0.1) is 11.3 Å². The van der Waals surface area contributed by atoms with E-state index < -0.39 is 0 Å². The monoisotopic (exact) mass is 434 g/mol. The minimum absolute atomic E-state index is 0.0677. The van der Waals surface area contributed by atoms with Gasteiger partial charge >= 0.3 is 0 Å². The van der Waals surface area contributed by atoms with E-state index in [2.05, 4.69) is 15.7 Å². The van der Waals surface area contributed by atoms with Gasteiger partial charge < -0.3 is 10.6 Å². The van der Waals surface area contributed by atoms with Crippen LogP contribution in [-0.4, -0.2) is 21.6 Å². The summed E-state index contributed by atoms with van der Waals surface area (Å²) < 4.78 is 14.9. The van der Waals surface area contributed by atoms with Gasteiger partial charge in [-0.3, -0.25) is 9.59 Å². The first-order chi connectivity index (χ1) is 15.1. The molecule has 8 heteroatoms. The number of amides is 2. The van der Waals surface area contributed by atoms with Gasteiger partial charge in [0.15, 0.2) is 0 Å². The average Bonchev–Trinajstić information content (AvgIpc) is 3.44. The maximum atomic E-state index is 13.3. The molecule has 0 aliphatic rings. The Kier molecular flexibility index (Phi) is 6.18. The van der Waals surface area contributed by atoms with Crippen molar-refractivity contribution >= 4 is 28.8 Å². The lowest BCUT2D eigenvalue weighted by Crippen LogP contribution is -2.22. The zero-order valence-electron chi connectivity index (χ0n) is 16.4. The van der Waals surface area contributed by atoms with Gasteiger partial charge in [-0.1, -0.05) is 18.2 Å². The molecule has 2 aromatic heterocycles. The molecule has 4 aromatic rings. The van der Waals surface area contributed by atoms with E-state index in [0.717, 1.165) is 10.6 Å². The molecule has 0 unspecified atom stereocenters. The number of aromatic nitrogens is 2. The number of halogens is 1. The molecule has 2 N–H and O–H groups in total. The van der Waals surface area contributed by atoms with Crippen LogP contribution in [0.1, 0.15) is 20.8 Å². The fourth-order valence-electron chi connectivity index (χ4n) is 3.01. The highest BCUT2D eigenvalue weighted by Gasteiger charge is 2.09. The van der Waals surface area contributed by atoms with E-state index in [1.807, 2.05) is 17.5 Å². The number of anilines is 1. The standard InChI is InChI=1S/C23H19FN4O2S/c24-18-4-1-3-16(11-18)12-22(29)27-19-13-26-28(15-19)20-8-6-17(7-9-20)23(30)25-14-21-5-2-10-31-21/h1-11,13,15H,12,14H2,(H,25,30)(H,27,29). The molecule has 0 saturated heterocycles. The molecule has 0 aliphatic heterocycles. The highest BCUT2D eigenvalue weighted by atomic mass is 32.1. The first-order valence-corrected chi connectivity index (χ1v) is 10.4. The summed E-state index contributed by atoms with van der Waals surface area (Å²) in [6, 6.07) is 16.9. The van der Waals surface area contributed by atoms with Crippen molar-refractivity contribution in [2.75, 3.05) is 5.32 Å². The van der Waals surface area contributed by atoms with Crippen LogP contribution in [0.2, 0.25) is 0 Å². The van der Waals surface area contributed by atoms with Crippen LogP contribution >= 0.6 is 11.3 Å². The second kappa shape index (κ2) is 9.36. The molecular weight excluding hydrogens is 415 g/mol. The van der Waals surface area contributed by atoms with Gasteiger partial charge in [0.25, 0.3) is 5.91 Å². The molecule has 31 heavy (non-hydrogen) atoms. The zero-order valence-corrected chi connectivity index (χ0v) is 17.2. The molecule has 4 rings (SSSR count). The van der Waals surface area contributed by atoms with Crippen LogP contribution in [0.3, 0.4) is 0 Å². The summed E-state index contributed by atoms with van der Waals surface area (Å²) in [5.41, 5.74) is 2.42. The molecule has 0 saturated carbocycles. The van der Waals surface area contributed by atoms with Gasteiger partial charge in [-0.25, -0.2) is 9.07 Å². The van der Waals surface area contributed by atoms with Crippen molar-refractivity contribution in [1.82, 2.24) is 15.1 Å². The largest absolute Gasteiger partial charge is 0.347 e. The van der Waals surface area contributed by atoms with E-state index in [-0.39, 0.29) is 24.1 Å². The molecule has 0 radical (unpaired) electrons. The summed E-state index contributed by atoms with van der Waals surface area (Å²) >= 11 is 1.59. The summed E-state index contributed by atoms with van der Waals surface area (Å²) in [5, 5.41) is 11.9. The van der Waals surface area contributed by atoms with Crippen molar-refractivity contribution in [3.63, 3.8) is 0 Å². The van der Waals surface area contributed by atoms with E-state index in [4.69, 9.17) is 0 Å². The van der Waals surface area contributed by atoms with Crippen molar-refractivity contribution in [3.8, 4) is 5.69 Å². The van der Waals surface area contributed by atoms with Gasteiger partial charge in [0.05, 0.1) is 36.7 Å². The number of nitrogens with zero attached hydrogens (tertiary/aromatic N) is 2. The van der Waals surface area contributed by atoms with Crippen LogP contribution in [0.25, 0.3) is 5.69 Å². The molecule has 156 valence electrons. The van der Waals surface area contributed by atoms with E-state index in [9.17, 15) is 14.0 Å². The zero-order chi connectivity index (χ0) is 21.6. The Morgan fingerprint density at radius 2 is 1.90 bits per heavy atom. The number of carbonyl (C=O) groups excluding carboxylic acids is 2.